The van der Waals surface area contributed by atoms with Crippen molar-refractivity contribution in [3.63, 3.8) is 0 Å². The molecule has 0 bridgehead atoms. The molecule has 102 valence electrons. The van der Waals surface area contributed by atoms with Crippen molar-refractivity contribution in [2.24, 2.45) is 0 Å². The van der Waals surface area contributed by atoms with Crippen molar-refractivity contribution < 1.29 is 9.66 Å². The molecular weight excluding hydrogens is 248 g/mol. The van der Waals surface area contributed by atoms with E-state index in [9.17, 15) is 10.1 Å². The minimum atomic E-state index is -0.438. The first-order chi connectivity index (χ1) is 9.19. The predicted octanol–water partition coefficient (Wildman–Crippen LogP) is 0.961. The zero-order chi connectivity index (χ0) is 13.7. The van der Waals surface area contributed by atoms with Gasteiger partial charge in [-0.3, -0.25) is 10.1 Å². The van der Waals surface area contributed by atoms with Crippen LogP contribution in [0.25, 0.3) is 0 Å². The second kappa shape index (κ2) is 6.03. The van der Waals surface area contributed by atoms with Crippen molar-refractivity contribution in [3.8, 4) is 5.88 Å². The summed E-state index contributed by atoms with van der Waals surface area (Å²) in [5.74, 6) is 1.11. The second-order valence-electron chi connectivity index (χ2n) is 4.21. The summed E-state index contributed by atoms with van der Waals surface area (Å²) in [6, 6.07) is 3.69. The Labute approximate surface area is 111 Å². The van der Waals surface area contributed by atoms with Gasteiger partial charge < -0.3 is 15.0 Å². The van der Waals surface area contributed by atoms with Gasteiger partial charge in [0.25, 0.3) is 6.20 Å². The van der Waals surface area contributed by atoms with E-state index < -0.39 is 4.92 Å². The van der Waals surface area contributed by atoms with Crippen molar-refractivity contribution in [2.45, 2.75) is 13.0 Å². The monoisotopic (exact) mass is 264 g/mol. The molecule has 0 saturated carbocycles. The molecule has 1 saturated heterocycles. The molecule has 1 N–H and O–H groups in total. The molecule has 0 aliphatic carbocycles. The average molecular weight is 264 g/mol. The van der Waals surface area contributed by atoms with Gasteiger partial charge in [0.15, 0.2) is 5.82 Å². The summed E-state index contributed by atoms with van der Waals surface area (Å²) in [6.07, 6.45) is 3.69. The summed E-state index contributed by atoms with van der Waals surface area (Å²) < 4.78 is 5.00. The van der Waals surface area contributed by atoms with Gasteiger partial charge >= 0.3 is 0 Å². The van der Waals surface area contributed by atoms with E-state index in [4.69, 9.17) is 4.74 Å². The number of rotatable bonds is 4. The van der Waals surface area contributed by atoms with Crippen molar-refractivity contribution >= 4 is 0 Å². The lowest BCUT2D eigenvalue weighted by Crippen LogP contribution is -2.39. The smallest absolute Gasteiger partial charge is 0.274 e. The third kappa shape index (κ3) is 3.57. The summed E-state index contributed by atoms with van der Waals surface area (Å²) in [7, 11) is 1.56. The molecule has 1 aliphatic heterocycles. The third-order valence-electron chi connectivity index (χ3n) is 2.86. The molecule has 1 aromatic rings. The summed E-state index contributed by atoms with van der Waals surface area (Å²) in [6.45, 7) is 2.14. The maximum atomic E-state index is 10.6. The Morgan fingerprint density at radius 3 is 3.11 bits per heavy atom. The second-order valence-corrected chi connectivity index (χ2v) is 4.21. The third-order valence-corrected chi connectivity index (χ3v) is 2.86. The molecule has 19 heavy (non-hydrogen) atoms. The molecule has 7 heteroatoms. The summed E-state index contributed by atoms with van der Waals surface area (Å²) in [5.41, 5.74) is 0.985. The fraction of sp³-hybridized carbons (Fsp3) is 0.417. The van der Waals surface area contributed by atoms with Gasteiger partial charge in [-0.05, 0) is 12.0 Å². The quantitative estimate of drug-likeness (QED) is 0.644. The van der Waals surface area contributed by atoms with Crippen molar-refractivity contribution in [1.29, 1.82) is 0 Å². The number of nitro groups is 1. The van der Waals surface area contributed by atoms with Crippen molar-refractivity contribution in [1.82, 2.24) is 15.2 Å². The van der Waals surface area contributed by atoms with Crippen LogP contribution < -0.4 is 10.1 Å². The van der Waals surface area contributed by atoms with E-state index >= 15 is 0 Å². The molecule has 0 radical (unpaired) electrons. The summed E-state index contributed by atoms with van der Waals surface area (Å²) in [5, 5.41) is 13.6. The number of aromatic nitrogens is 1. The molecule has 0 unspecified atom stereocenters. The van der Waals surface area contributed by atoms with Gasteiger partial charge in [-0.1, -0.05) is 6.07 Å². The van der Waals surface area contributed by atoms with Crippen LogP contribution in [-0.4, -0.2) is 35.0 Å². The van der Waals surface area contributed by atoms with Crippen LogP contribution in [-0.2, 0) is 6.54 Å². The molecule has 1 aliphatic rings. The summed E-state index contributed by atoms with van der Waals surface area (Å²) >= 11 is 0. The number of pyridine rings is 1. The normalized spacial score (nSPS) is 17.1. The minimum absolute atomic E-state index is 0.438. The highest BCUT2D eigenvalue weighted by Crippen LogP contribution is 2.14. The van der Waals surface area contributed by atoms with Gasteiger partial charge in [0.1, 0.15) is 0 Å². The van der Waals surface area contributed by atoms with Crippen LogP contribution in [0, 0.1) is 10.1 Å². The number of methoxy groups -OCH3 is 1. The van der Waals surface area contributed by atoms with E-state index in [-0.39, 0.29) is 0 Å². The van der Waals surface area contributed by atoms with Crippen LogP contribution in [0.2, 0.25) is 0 Å². The fourth-order valence-corrected chi connectivity index (χ4v) is 1.96. The topological polar surface area (TPSA) is 80.5 Å². The Balaban J connectivity index is 2.08. The van der Waals surface area contributed by atoms with Crippen molar-refractivity contribution in [2.75, 3.05) is 20.2 Å². The van der Waals surface area contributed by atoms with Crippen LogP contribution in [0.5, 0.6) is 5.88 Å². The lowest BCUT2D eigenvalue weighted by atomic mass is 10.2. The molecule has 0 atom stereocenters. The number of hydrogen-bond acceptors (Lipinski definition) is 6. The van der Waals surface area contributed by atoms with Gasteiger partial charge in [0.05, 0.1) is 12.0 Å². The van der Waals surface area contributed by atoms with E-state index in [1.807, 2.05) is 11.0 Å². The van der Waals surface area contributed by atoms with E-state index in [0.717, 1.165) is 31.3 Å². The number of nitrogens with one attached hydrogen (secondary N) is 1. The molecule has 1 fully saturated rings. The van der Waals surface area contributed by atoms with Gasteiger partial charge in [0.2, 0.25) is 5.88 Å². The van der Waals surface area contributed by atoms with Crippen LogP contribution in [0.15, 0.2) is 30.4 Å². The number of hydrogen-bond donors (Lipinski definition) is 1. The average Bonchev–Trinajstić information content (AvgIpc) is 2.41. The minimum Gasteiger partial charge on any atom is -0.481 e. The van der Waals surface area contributed by atoms with Crippen LogP contribution in [0.1, 0.15) is 12.0 Å². The van der Waals surface area contributed by atoms with Gasteiger partial charge in [-0.15, -0.1) is 0 Å². The Morgan fingerprint density at radius 2 is 2.47 bits per heavy atom. The van der Waals surface area contributed by atoms with Crippen LogP contribution >= 0.6 is 0 Å². The zero-order valence-corrected chi connectivity index (χ0v) is 10.7. The first-order valence-corrected chi connectivity index (χ1v) is 6.02. The zero-order valence-electron chi connectivity index (χ0n) is 10.7. The standard InChI is InChI=1S/C12H16N4O3/c1-19-12-4-3-10(7-14-12)8-15-6-2-5-13-11(15)9-16(17)18/h3-4,7,9,13H,2,5-6,8H2,1H3. The molecule has 0 aromatic carbocycles. The molecule has 0 spiro atoms. The van der Waals surface area contributed by atoms with Crippen LogP contribution in [0.4, 0.5) is 0 Å². The first kappa shape index (κ1) is 13.1. The molecule has 7 nitrogen and oxygen atoms in total. The predicted molar refractivity (Wildman–Crippen MR) is 68.9 cm³/mol. The van der Waals surface area contributed by atoms with Gasteiger partial charge in [-0.2, -0.15) is 0 Å². The maximum Gasteiger partial charge on any atom is 0.274 e. The molecule has 1 aromatic heterocycles. The Hall–Kier alpha value is -2.31. The van der Waals surface area contributed by atoms with E-state index in [0.29, 0.717) is 18.2 Å². The maximum absolute atomic E-state index is 10.6. The highest BCUT2D eigenvalue weighted by molar-refractivity contribution is 5.18. The van der Waals surface area contributed by atoms with E-state index in [1.54, 1.807) is 19.4 Å². The van der Waals surface area contributed by atoms with Crippen molar-refractivity contribution in [3.05, 3.63) is 46.0 Å². The fourth-order valence-electron chi connectivity index (χ4n) is 1.96. The Kier molecular flexibility index (Phi) is 4.17. The van der Waals surface area contributed by atoms with Gasteiger partial charge in [-0.25, -0.2) is 4.98 Å². The first-order valence-electron chi connectivity index (χ1n) is 6.02. The highest BCUT2D eigenvalue weighted by Gasteiger charge is 2.17. The molecular formula is C12H16N4O3. The largest absolute Gasteiger partial charge is 0.481 e. The SMILES string of the molecule is COc1ccc(CN2CCCNC2=C[N+](=O)[O-])cn1. The van der Waals surface area contributed by atoms with Gasteiger partial charge in [0, 0.05) is 31.9 Å². The molecule has 2 rings (SSSR count). The van der Waals surface area contributed by atoms with Crippen LogP contribution in [0.3, 0.4) is 0 Å². The number of ether oxygens (including phenoxy) is 1. The molecule has 0 amide bonds. The number of nitrogens with zero attached hydrogens (tertiary/aromatic N) is 3. The lowest BCUT2D eigenvalue weighted by molar-refractivity contribution is -0.405. The Bertz CT molecular complexity index is 472. The van der Waals surface area contributed by atoms with E-state index in [2.05, 4.69) is 10.3 Å². The lowest BCUT2D eigenvalue weighted by Gasteiger charge is -2.30. The Morgan fingerprint density at radius 1 is 1.63 bits per heavy atom. The molecule has 2 heterocycles. The summed E-state index contributed by atoms with van der Waals surface area (Å²) in [4.78, 5) is 16.2. The highest BCUT2D eigenvalue weighted by atomic mass is 16.6. The van der Waals surface area contributed by atoms with E-state index in [1.165, 1.54) is 0 Å².